The van der Waals surface area contributed by atoms with Crippen molar-refractivity contribution in [3.8, 4) is 0 Å². The van der Waals surface area contributed by atoms with E-state index in [-0.39, 0.29) is 29.6 Å². The highest BCUT2D eigenvalue weighted by atomic mass is 35.5. The molecule has 2 rings (SSSR count). The monoisotopic (exact) mass is 394 g/mol. The van der Waals surface area contributed by atoms with Gasteiger partial charge in [-0.25, -0.2) is 0 Å². The summed E-state index contributed by atoms with van der Waals surface area (Å²) >= 11 is 12.0. The van der Waals surface area contributed by atoms with Gasteiger partial charge in [0.1, 0.15) is 0 Å². The molecular weight excluding hydrogens is 371 g/mol. The average Bonchev–Trinajstić information content (AvgIpc) is 2.55. The molecule has 1 amide bonds. The summed E-state index contributed by atoms with van der Waals surface area (Å²) in [6.07, 6.45) is 1.68. The third kappa shape index (κ3) is 5.50. The summed E-state index contributed by atoms with van der Waals surface area (Å²) in [7, 11) is 0. The Morgan fingerprint density at radius 3 is 2.54 bits per heavy atom. The molecule has 1 aliphatic rings. The predicted molar refractivity (Wildman–Crippen MR) is 101 cm³/mol. The van der Waals surface area contributed by atoms with Gasteiger partial charge in [-0.3, -0.25) is 4.79 Å². The van der Waals surface area contributed by atoms with E-state index in [0.29, 0.717) is 29.8 Å². The molecule has 1 aromatic rings. The van der Waals surface area contributed by atoms with E-state index in [0.717, 1.165) is 18.4 Å². The predicted octanol–water partition coefficient (Wildman–Crippen LogP) is 3.56. The van der Waals surface area contributed by atoms with Crippen LogP contribution in [0.15, 0.2) is 18.2 Å². The molecule has 1 aliphatic heterocycles. The number of hydrogen-bond donors (Lipinski definition) is 2. The van der Waals surface area contributed by atoms with Gasteiger partial charge in [0.2, 0.25) is 5.91 Å². The summed E-state index contributed by atoms with van der Waals surface area (Å²) in [5.41, 5.74) is 6.85. The molecule has 0 bridgehead atoms. The quantitative estimate of drug-likeness (QED) is 0.801. The molecule has 136 valence electrons. The largest absolute Gasteiger partial charge is 0.381 e. The van der Waals surface area contributed by atoms with Gasteiger partial charge >= 0.3 is 0 Å². The maximum Gasteiger partial charge on any atom is 0.237 e. The van der Waals surface area contributed by atoms with Crippen molar-refractivity contribution >= 4 is 41.5 Å². The van der Waals surface area contributed by atoms with Gasteiger partial charge in [0.05, 0.1) is 16.1 Å². The number of ether oxygens (including phenoxy) is 1. The van der Waals surface area contributed by atoms with Crippen molar-refractivity contribution in [3.63, 3.8) is 0 Å². The van der Waals surface area contributed by atoms with E-state index >= 15 is 0 Å². The molecule has 0 radical (unpaired) electrons. The van der Waals surface area contributed by atoms with Crippen LogP contribution in [0.4, 0.5) is 0 Å². The first-order valence-corrected chi connectivity index (χ1v) is 8.63. The lowest BCUT2D eigenvalue weighted by molar-refractivity contribution is -0.124. The summed E-state index contributed by atoms with van der Waals surface area (Å²) in [6, 6.07) is 5.06. The molecule has 1 heterocycles. The second-order valence-electron chi connectivity index (χ2n) is 6.71. The van der Waals surface area contributed by atoms with Crippen molar-refractivity contribution in [2.75, 3.05) is 19.8 Å². The second-order valence-corrected chi connectivity index (χ2v) is 7.52. The molecule has 0 aromatic heterocycles. The van der Waals surface area contributed by atoms with E-state index in [1.165, 1.54) is 0 Å². The molecular formula is C17H25Cl3N2O2. The number of carbonyl (C=O) groups excluding carboxylic acids is 1. The van der Waals surface area contributed by atoms with Gasteiger partial charge < -0.3 is 15.8 Å². The van der Waals surface area contributed by atoms with Crippen molar-refractivity contribution in [2.24, 2.45) is 11.7 Å². The first-order chi connectivity index (χ1) is 10.8. The topological polar surface area (TPSA) is 64.4 Å². The Morgan fingerprint density at radius 2 is 1.96 bits per heavy atom. The summed E-state index contributed by atoms with van der Waals surface area (Å²) < 4.78 is 5.31. The van der Waals surface area contributed by atoms with Crippen molar-refractivity contribution < 1.29 is 9.53 Å². The van der Waals surface area contributed by atoms with E-state index in [1.54, 1.807) is 6.07 Å². The minimum Gasteiger partial charge on any atom is -0.381 e. The molecule has 1 unspecified atom stereocenters. The Bertz CT molecular complexity index is 561. The number of rotatable bonds is 5. The molecule has 1 fully saturated rings. The van der Waals surface area contributed by atoms with Crippen LogP contribution in [-0.4, -0.2) is 31.7 Å². The van der Waals surface area contributed by atoms with Crippen LogP contribution in [0, 0.1) is 5.92 Å². The molecule has 3 N–H and O–H groups in total. The summed E-state index contributed by atoms with van der Waals surface area (Å²) in [5.74, 6) is 0.0851. The van der Waals surface area contributed by atoms with Crippen LogP contribution in [0.3, 0.4) is 0 Å². The van der Waals surface area contributed by atoms with Gasteiger partial charge in [-0.05, 0) is 36.5 Å². The van der Waals surface area contributed by atoms with Crippen LogP contribution < -0.4 is 11.1 Å². The number of nitrogens with one attached hydrogen (secondary N) is 1. The van der Waals surface area contributed by atoms with E-state index < -0.39 is 6.04 Å². The van der Waals surface area contributed by atoms with Gasteiger partial charge in [0, 0.05) is 25.2 Å². The van der Waals surface area contributed by atoms with Gasteiger partial charge in [-0.1, -0.05) is 43.1 Å². The zero-order valence-corrected chi connectivity index (χ0v) is 16.3. The summed E-state index contributed by atoms with van der Waals surface area (Å²) in [4.78, 5) is 12.3. The highest BCUT2D eigenvalue weighted by molar-refractivity contribution is 6.42. The first kappa shape index (κ1) is 21.5. The van der Waals surface area contributed by atoms with E-state index in [2.05, 4.69) is 5.32 Å². The maximum atomic E-state index is 12.3. The fourth-order valence-electron chi connectivity index (χ4n) is 2.73. The lowest BCUT2D eigenvalue weighted by Gasteiger charge is -2.30. The number of carbonyl (C=O) groups is 1. The molecule has 7 heteroatoms. The summed E-state index contributed by atoms with van der Waals surface area (Å²) in [5, 5.41) is 4.01. The maximum absolute atomic E-state index is 12.3. The number of halogens is 3. The van der Waals surface area contributed by atoms with Crippen LogP contribution in [-0.2, 0) is 14.9 Å². The zero-order valence-electron chi connectivity index (χ0n) is 14.0. The molecule has 1 saturated heterocycles. The van der Waals surface area contributed by atoms with Crippen molar-refractivity contribution in [1.82, 2.24) is 5.32 Å². The van der Waals surface area contributed by atoms with Gasteiger partial charge in [0.25, 0.3) is 0 Å². The number of benzene rings is 1. The van der Waals surface area contributed by atoms with Crippen molar-refractivity contribution in [3.05, 3.63) is 33.8 Å². The lowest BCUT2D eigenvalue weighted by atomic mass is 9.84. The number of hydrogen-bond acceptors (Lipinski definition) is 3. The Morgan fingerprint density at radius 1 is 1.33 bits per heavy atom. The third-order valence-corrected chi connectivity index (χ3v) is 5.22. The minimum absolute atomic E-state index is 0. The summed E-state index contributed by atoms with van der Waals surface area (Å²) in [6.45, 7) is 5.95. The molecule has 24 heavy (non-hydrogen) atoms. The fraction of sp³-hybridized carbons (Fsp3) is 0.588. The van der Waals surface area contributed by atoms with Crippen LogP contribution in [0.1, 0.15) is 32.3 Å². The standard InChI is InChI=1S/C17H24Cl2N2O2.ClH/c1-17(2,12-3-4-13(18)14(19)9-12)10-21-16(22)15(20)11-5-7-23-8-6-11;/h3-4,9,11,15H,5-8,10,20H2,1-2H3,(H,21,22);1H. The van der Waals surface area contributed by atoms with E-state index in [1.807, 2.05) is 26.0 Å². The minimum atomic E-state index is -0.483. The molecule has 4 nitrogen and oxygen atoms in total. The Hall–Kier alpha value is -0.520. The Labute approximate surface area is 159 Å². The first-order valence-electron chi connectivity index (χ1n) is 7.88. The Balaban J connectivity index is 0.00000288. The molecule has 1 atom stereocenters. The van der Waals surface area contributed by atoms with Crippen LogP contribution >= 0.6 is 35.6 Å². The molecule has 0 aliphatic carbocycles. The highest BCUT2D eigenvalue weighted by Crippen LogP contribution is 2.29. The van der Waals surface area contributed by atoms with Crippen molar-refractivity contribution in [2.45, 2.75) is 38.1 Å². The average molecular weight is 396 g/mol. The number of amides is 1. The van der Waals surface area contributed by atoms with E-state index in [9.17, 15) is 4.79 Å². The van der Waals surface area contributed by atoms with Gasteiger partial charge in [0.15, 0.2) is 0 Å². The van der Waals surface area contributed by atoms with Gasteiger partial charge in [-0.2, -0.15) is 0 Å². The smallest absolute Gasteiger partial charge is 0.237 e. The molecule has 0 saturated carbocycles. The Kier molecular flexibility index (Phi) is 8.30. The van der Waals surface area contributed by atoms with Crippen LogP contribution in [0.25, 0.3) is 0 Å². The van der Waals surface area contributed by atoms with E-state index in [4.69, 9.17) is 33.7 Å². The second kappa shape index (κ2) is 9.25. The molecule has 0 spiro atoms. The highest BCUT2D eigenvalue weighted by Gasteiger charge is 2.28. The fourth-order valence-corrected chi connectivity index (χ4v) is 3.03. The van der Waals surface area contributed by atoms with Crippen LogP contribution in [0.5, 0.6) is 0 Å². The third-order valence-electron chi connectivity index (χ3n) is 4.48. The zero-order chi connectivity index (χ0) is 17.0. The van der Waals surface area contributed by atoms with Crippen LogP contribution in [0.2, 0.25) is 10.0 Å². The number of nitrogens with two attached hydrogens (primary N) is 1. The molecule has 1 aromatic carbocycles. The van der Waals surface area contributed by atoms with Gasteiger partial charge in [-0.15, -0.1) is 12.4 Å². The normalized spacial score (nSPS) is 17.0. The van der Waals surface area contributed by atoms with Crippen molar-refractivity contribution in [1.29, 1.82) is 0 Å². The SMILES string of the molecule is CC(C)(CNC(=O)C(N)C1CCOCC1)c1ccc(Cl)c(Cl)c1.Cl. The lowest BCUT2D eigenvalue weighted by Crippen LogP contribution is -2.49.